The average molecular weight is 239 g/mol. The van der Waals surface area contributed by atoms with Crippen LogP contribution in [0, 0.1) is 5.92 Å². The molecule has 5 heteroatoms. The number of carbonyl (C=O) groups excluding carboxylic acids is 1. The molecule has 1 aliphatic rings. The standard InChI is InChI=1S/C11H17N3OS/c1-7(8-4-2-3-5-8)13-10(15)9-6-16-11(12)14-9/h6-8H,2-5H2,1H3,(H2,12,14)(H,13,15). The molecule has 16 heavy (non-hydrogen) atoms. The van der Waals surface area contributed by atoms with Crippen molar-refractivity contribution in [1.29, 1.82) is 0 Å². The van der Waals surface area contributed by atoms with Gasteiger partial charge in [-0.25, -0.2) is 4.98 Å². The van der Waals surface area contributed by atoms with Gasteiger partial charge in [0.15, 0.2) is 5.13 Å². The van der Waals surface area contributed by atoms with Crippen molar-refractivity contribution in [2.75, 3.05) is 5.73 Å². The number of anilines is 1. The van der Waals surface area contributed by atoms with Gasteiger partial charge in [0.2, 0.25) is 0 Å². The fraction of sp³-hybridized carbons (Fsp3) is 0.636. The molecule has 1 heterocycles. The molecular weight excluding hydrogens is 222 g/mol. The zero-order valence-electron chi connectivity index (χ0n) is 9.40. The molecular formula is C11H17N3OS. The predicted molar refractivity (Wildman–Crippen MR) is 65.4 cm³/mol. The largest absolute Gasteiger partial charge is 0.375 e. The van der Waals surface area contributed by atoms with Crippen molar-refractivity contribution in [3.63, 3.8) is 0 Å². The molecule has 0 saturated heterocycles. The van der Waals surface area contributed by atoms with E-state index in [0.717, 1.165) is 0 Å². The number of thiazole rings is 1. The molecule has 0 aromatic carbocycles. The van der Waals surface area contributed by atoms with E-state index in [1.165, 1.54) is 37.0 Å². The first kappa shape index (κ1) is 11.4. The van der Waals surface area contributed by atoms with E-state index in [1.54, 1.807) is 5.38 Å². The third-order valence-electron chi connectivity index (χ3n) is 3.22. The van der Waals surface area contributed by atoms with Crippen LogP contribution in [0.2, 0.25) is 0 Å². The van der Waals surface area contributed by atoms with Crippen molar-refractivity contribution in [3.8, 4) is 0 Å². The van der Waals surface area contributed by atoms with Crippen LogP contribution in [0.5, 0.6) is 0 Å². The molecule has 88 valence electrons. The number of amides is 1. The number of aromatic nitrogens is 1. The van der Waals surface area contributed by atoms with Gasteiger partial charge in [-0.3, -0.25) is 4.79 Å². The van der Waals surface area contributed by atoms with E-state index in [0.29, 0.717) is 16.7 Å². The quantitative estimate of drug-likeness (QED) is 0.848. The first-order chi connectivity index (χ1) is 7.66. The summed E-state index contributed by atoms with van der Waals surface area (Å²) >= 11 is 1.30. The minimum Gasteiger partial charge on any atom is -0.375 e. The van der Waals surface area contributed by atoms with Gasteiger partial charge < -0.3 is 11.1 Å². The summed E-state index contributed by atoms with van der Waals surface area (Å²) in [7, 11) is 0. The highest BCUT2D eigenvalue weighted by Crippen LogP contribution is 2.27. The summed E-state index contributed by atoms with van der Waals surface area (Å²) in [4.78, 5) is 15.8. The Balaban J connectivity index is 1.91. The van der Waals surface area contributed by atoms with Crippen LogP contribution in [0.1, 0.15) is 43.1 Å². The molecule has 1 amide bonds. The van der Waals surface area contributed by atoms with Gasteiger partial charge in [-0.15, -0.1) is 11.3 Å². The van der Waals surface area contributed by atoms with Crippen molar-refractivity contribution < 1.29 is 4.79 Å². The maximum Gasteiger partial charge on any atom is 0.271 e. The van der Waals surface area contributed by atoms with Gasteiger partial charge in [0.05, 0.1) is 0 Å². The molecule has 1 aromatic rings. The lowest BCUT2D eigenvalue weighted by molar-refractivity contribution is 0.0923. The predicted octanol–water partition coefficient (Wildman–Crippen LogP) is 2.03. The number of rotatable bonds is 3. The van der Waals surface area contributed by atoms with Gasteiger partial charge in [0.1, 0.15) is 5.69 Å². The van der Waals surface area contributed by atoms with Crippen LogP contribution in [0.4, 0.5) is 5.13 Å². The molecule has 1 aromatic heterocycles. The van der Waals surface area contributed by atoms with Gasteiger partial charge >= 0.3 is 0 Å². The lowest BCUT2D eigenvalue weighted by Gasteiger charge is -2.19. The van der Waals surface area contributed by atoms with Crippen molar-refractivity contribution >= 4 is 22.4 Å². The van der Waals surface area contributed by atoms with Crippen molar-refractivity contribution in [2.45, 2.75) is 38.6 Å². The van der Waals surface area contributed by atoms with Crippen LogP contribution in [0.3, 0.4) is 0 Å². The molecule has 0 aliphatic heterocycles. The van der Waals surface area contributed by atoms with Gasteiger partial charge in [0, 0.05) is 11.4 Å². The maximum absolute atomic E-state index is 11.8. The second kappa shape index (κ2) is 4.82. The zero-order chi connectivity index (χ0) is 11.5. The van der Waals surface area contributed by atoms with Gasteiger partial charge in [-0.2, -0.15) is 0 Å². The Bertz CT molecular complexity index is 371. The van der Waals surface area contributed by atoms with E-state index >= 15 is 0 Å². The van der Waals surface area contributed by atoms with Gasteiger partial charge in [-0.05, 0) is 25.7 Å². The minimum atomic E-state index is -0.104. The number of nitrogen functional groups attached to an aromatic ring is 1. The molecule has 0 spiro atoms. The summed E-state index contributed by atoms with van der Waals surface area (Å²) in [5, 5.41) is 5.14. The zero-order valence-corrected chi connectivity index (χ0v) is 10.2. The van der Waals surface area contributed by atoms with E-state index in [2.05, 4.69) is 17.2 Å². The average Bonchev–Trinajstić information content (AvgIpc) is 2.87. The Morgan fingerprint density at radius 2 is 2.31 bits per heavy atom. The summed E-state index contributed by atoms with van der Waals surface area (Å²) < 4.78 is 0. The van der Waals surface area contributed by atoms with Crippen LogP contribution in [-0.2, 0) is 0 Å². The number of hydrogen-bond acceptors (Lipinski definition) is 4. The second-order valence-electron chi connectivity index (χ2n) is 4.38. The van der Waals surface area contributed by atoms with E-state index in [-0.39, 0.29) is 11.9 Å². The molecule has 1 aliphatic carbocycles. The summed E-state index contributed by atoms with van der Waals surface area (Å²) in [5.41, 5.74) is 5.93. The van der Waals surface area contributed by atoms with Crippen LogP contribution >= 0.6 is 11.3 Å². The lowest BCUT2D eigenvalue weighted by atomic mass is 10.00. The molecule has 0 bridgehead atoms. The minimum absolute atomic E-state index is 0.104. The molecule has 4 nitrogen and oxygen atoms in total. The highest BCUT2D eigenvalue weighted by atomic mass is 32.1. The molecule has 1 unspecified atom stereocenters. The van der Waals surface area contributed by atoms with Crippen LogP contribution < -0.4 is 11.1 Å². The first-order valence-corrected chi connectivity index (χ1v) is 6.56. The smallest absolute Gasteiger partial charge is 0.271 e. The molecule has 1 saturated carbocycles. The van der Waals surface area contributed by atoms with Gasteiger partial charge in [-0.1, -0.05) is 12.8 Å². The number of hydrogen-bond donors (Lipinski definition) is 2. The molecule has 3 N–H and O–H groups in total. The van der Waals surface area contributed by atoms with E-state index in [1.807, 2.05) is 0 Å². The normalized spacial score (nSPS) is 18.6. The number of carbonyl (C=O) groups is 1. The molecule has 1 atom stereocenters. The fourth-order valence-corrected chi connectivity index (χ4v) is 2.79. The second-order valence-corrected chi connectivity index (χ2v) is 5.27. The van der Waals surface area contributed by atoms with Crippen molar-refractivity contribution in [1.82, 2.24) is 10.3 Å². The summed E-state index contributed by atoms with van der Waals surface area (Å²) in [6, 6.07) is 0.234. The number of nitrogens with one attached hydrogen (secondary N) is 1. The van der Waals surface area contributed by atoms with Gasteiger partial charge in [0.25, 0.3) is 5.91 Å². The van der Waals surface area contributed by atoms with Crippen molar-refractivity contribution in [3.05, 3.63) is 11.1 Å². The Kier molecular flexibility index (Phi) is 3.43. The summed E-state index contributed by atoms with van der Waals surface area (Å²) in [6.07, 6.45) is 5.02. The lowest BCUT2D eigenvalue weighted by Crippen LogP contribution is -2.37. The fourth-order valence-electron chi connectivity index (χ4n) is 2.25. The Labute approximate surface area is 99.3 Å². The number of nitrogens with zero attached hydrogens (tertiary/aromatic N) is 1. The maximum atomic E-state index is 11.8. The summed E-state index contributed by atoms with van der Waals surface area (Å²) in [5.74, 6) is 0.521. The van der Waals surface area contributed by atoms with E-state index in [4.69, 9.17) is 5.73 Å². The van der Waals surface area contributed by atoms with E-state index in [9.17, 15) is 4.79 Å². The first-order valence-electron chi connectivity index (χ1n) is 5.68. The third-order valence-corrected chi connectivity index (χ3v) is 3.89. The molecule has 2 rings (SSSR count). The highest BCUT2D eigenvalue weighted by Gasteiger charge is 2.23. The Hall–Kier alpha value is -1.10. The Morgan fingerprint density at radius 3 is 2.88 bits per heavy atom. The monoisotopic (exact) mass is 239 g/mol. The topological polar surface area (TPSA) is 68.0 Å². The van der Waals surface area contributed by atoms with E-state index < -0.39 is 0 Å². The van der Waals surface area contributed by atoms with Crippen LogP contribution in [0.15, 0.2) is 5.38 Å². The Morgan fingerprint density at radius 1 is 1.62 bits per heavy atom. The third kappa shape index (κ3) is 2.52. The summed E-state index contributed by atoms with van der Waals surface area (Å²) in [6.45, 7) is 2.07. The number of nitrogens with two attached hydrogens (primary N) is 1. The highest BCUT2D eigenvalue weighted by molar-refractivity contribution is 7.13. The SMILES string of the molecule is CC(NC(=O)c1csc(N)n1)C1CCCC1. The van der Waals surface area contributed by atoms with Crippen LogP contribution in [0.25, 0.3) is 0 Å². The molecule has 0 radical (unpaired) electrons. The molecule has 1 fully saturated rings. The van der Waals surface area contributed by atoms with Crippen LogP contribution in [-0.4, -0.2) is 16.9 Å². The van der Waals surface area contributed by atoms with Crippen molar-refractivity contribution in [2.24, 2.45) is 5.92 Å².